The minimum absolute atomic E-state index is 0.250. The number of aromatic nitrogens is 2. The van der Waals surface area contributed by atoms with Crippen molar-refractivity contribution in [2.45, 2.75) is 0 Å². The van der Waals surface area contributed by atoms with E-state index in [1.807, 2.05) is 24.3 Å². The summed E-state index contributed by atoms with van der Waals surface area (Å²) in [6, 6.07) is 7.62. The van der Waals surface area contributed by atoms with Crippen molar-refractivity contribution in [1.82, 2.24) is 9.97 Å². The molecule has 2 rings (SSSR count). The van der Waals surface area contributed by atoms with E-state index in [9.17, 15) is 0 Å². The second kappa shape index (κ2) is 3.79. The van der Waals surface area contributed by atoms with Crippen molar-refractivity contribution in [2.75, 3.05) is 0 Å². The van der Waals surface area contributed by atoms with Crippen LogP contribution in [-0.4, -0.2) is 22.1 Å². The second-order valence-electron chi connectivity index (χ2n) is 2.88. The van der Waals surface area contributed by atoms with E-state index in [1.54, 1.807) is 0 Å². The first-order valence-electron chi connectivity index (χ1n) is 4.31. The van der Waals surface area contributed by atoms with Gasteiger partial charge in [0.2, 0.25) is 0 Å². The highest BCUT2D eigenvalue weighted by atomic mass is 15.1. The Morgan fingerprint density at radius 3 is 2.93 bits per heavy atom. The van der Waals surface area contributed by atoms with Gasteiger partial charge in [-0.25, -0.2) is 9.98 Å². The number of hydrogen-bond acceptors (Lipinski definition) is 3. The molecule has 0 bridgehead atoms. The Labute approximate surface area is 85.7 Å². The van der Waals surface area contributed by atoms with Gasteiger partial charge in [-0.15, -0.1) is 0 Å². The molecule has 1 heterocycles. The van der Waals surface area contributed by atoms with E-state index in [1.165, 1.54) is 6.34 Å². The number of amidine groups is 1. The summed E-state index contributed by atoms with van der Waals surface area (Å²) in [4.78, 5) is 11.1. The maximum absolute atomic E-state index is 5.65. The van der Waals surface area contributed by atoms with Crippen LogP contribution in [0.1, 0.15) is 5.82 Å². The number of imidazole rings is 1. The zero-order valence-electron chi connectivity index (χ0n) is 7.88. The van der Waals surface area contributed by atoms with Crippen LogP contribution in [-0.2, 0) is 0 Å². The van der Waals surface area contributed by atoms with E-state index in [4.69, 9.17) is 11.6 Å². The first-order valence-corrected chi connectivity index (χ1v) is 4.31. The van der Waals surface area contributed by atoms with Crippen molar-refractivity contribution in [3.8, 4) is 0 Å². The standard InChI is InChI=1S/C9H10N6/c10-8(12-5-13-11)9-14-6-3-1-2-4-7(6)15-9/h1-5H,11H2,(H,14,15)(H2,10,12,13). The van der Waals surface area contributed by atoms with Crippen LogP contribution in [0.2, 0.25) is 0 Å². The highest BCUT2D eigenvalue weighted by molar-refractivity contribution is 6.00. The molecule has 6 nitrogen and oxygen atoms in total. The molecule has 0 aliphatic carbocycles. The maximum atomic E-state index is 5.65. The number of aliphatic imine (C=N–C) groups is 1. The molecule has 0 unspecified atom stereocenters. The third-order valence-electron chi connectivity index (χ3n) is 1.90. The van der Waals surface area contributed by atoms with Crippen LogP contribution >= 0.6 is 0 Å². The molecular weight excluding hydrogens is 192 g/mol. The monoisotopic (exact) mass is 202 g/mol. The third-order valence-corrected chi connectivity index (χ3v) is 1.90. The molecule has 0 radical (unpaired) electrons. The van der Waals surface area contributed by atoms with Gasteiger partial charge in [-0.05, 0) is 12.1 Å². The fourth-order valence-corrected chi connectivity index (χ4v) is 1.23. The number of H-pyrrole nitrogens is 1. The highest BCUT2D eigenvalue weighted by Crippen LogP contribution is 2.09. The molecule has 0 fully saturated rings. The zero-order chi connectivity index (χ0) is 10.7. The van der Waals surface area contributed by atoms with Crippen molar-refractivity contribution in [1.29, 1.82) is 0 Å². The smallest absolute Gasteiger partial charge is 0.174 e. The molecule has 0 saturated carbocycles. The minimum atomic E-state index is 0.250. The molecule has 0 aliphatic rings. The average molecular weight is 202 g/mol. The molecule has 0 atom stereocenters. The quantitative estimate of drug-likeness (QED) is 0.280. The van der Waals surface area contributed by atoms with E-state index >= 15 is 0 Å². The van der Waals surface area contributed by atoms with Gasteiger partial charge in [-0.2, -0.15) is 5.10 Å². The van der Waals surface area contributed by atoms with E-state index in [-0.39, 0.29) is 5.84 Å². The predicted molar refractivity (Wildman–Crippen MR) is 59.5 cm³/mol. The van der Waals surface area contributed by atoms with E-state index in [0.717, 1.165) is 11.0 Å². The number of hydrogen-bond donors (Lipinski definition) is 3. The van der Waals surface area contributed by atoms with Gasteiger partial charge in [0.05, 0.1) is 11.0 Å². The van der Waals surface area contributed by atoms with Crippen molar-refractivity contribution in [3.05, 3.63) is 30.1 Å². The number of rotatable bonds is 2. The molecule has 0 saturated heterocycles. The van der Waals surface area contributed by atoms with Crippen molar-refractivity contribution in [2.24, 2.45) is 21.7 Å². The fourth-order valence-electron chi connectivity index (χ4n) is 1.23. The van der Waals surface area contributed by atoms with Crippen molar-refractivity contribution in [3.63, 3.8) is 0 Å². The largest absolute Gasteiger partial charge is 0.381 e. The summed E-state index contributed by atoms with van der Waals surface area (Å²) in [5.74, 6) is 5.67. The molecule has 5 N–H and O–H groups in total. The second-order valence-corrected chi connectivity index (χ2v) is 2.88. The third kappa shape index (κ3) is 1.78. The summed E-state index contributed by atoms with van der Waals surface area (Å²) in [6.45, 7) is 0. The summed E-state index contributed by atoms with van der Waals surface area (Å²) in [7, 11) is 0. The highest BCUT2D eigenvalue weighted by Gasteiger charge is 2.04. The predicted octanol–water partition coefficient (Wildman–Crippen LogP) is 0.170. The van der Waals surface area contributed by atoms with E-state index in [2.05, 4.69) is 20.1 Å². The Bertz CT molecular complexity index is 491. The van der Waals surface area contributed by atoms with Crippen LogP contribution in [0.15, 0.2) is 34.4 Å². The summed E-state index contributed by atoms with van der Waals surface area (Å²) in [5, 5.41) is 3.22. The first-order chi connectivity index (χ1) is 7.31. The van der Waals surface area contributed by atoms with Gasteiger partial charge in [0.25, 0.3) is 0 Å². The lowest BCUT2D eigenvalue weighted by Gasteiger charge is -1.90. The normalized spacial score (nSPS) is 12.7. The van der Waals surface area contributed by atoms with Gasteiger partial charge in [0, 0.05) is 0 Å². The average Bonchev–Trinajstić information content (AvgIpc) is 2.69. The Balaban J connectivity index is 2.44. The number of nitrogens with two attached hydrogens (primary N) is 2. The fraction of sp³-hybridized carbons (Fsp3) is 0. The van der Waals surface area contributed by atoms with Crippen LogP contribution < -0.4 is 11.6 Å². The van der Waals surface area contributed by atoms with Gasteiger partial charge in [0.1, 0.15) is 6.34 Å². The number of para-hydroxylation sites is 2. The first kappa shape index (κ1) is 9.20. The molecule has 1 aromatic heterocycles. The van der Waals surface area contributed by atoms with E-state index in [0.29, 0.717) is 5.82 Å². The Kier molecular flexibility index (Phi) is 2.32. The van der Waals surface area contributed by atoms with E-state index < -0.39 is 0 Å². The number of hydrazone groups is 1. The zero-order valence-corrected chi connectivity index (χ0v) is 7.88. The molecule has 2 aromatic rings. The number of fused-ring (bicyclic) bond motifs is 1. The van der Waals surface area contributed by atoms with Gasteiger partial charge in [-0.3, -0.25) is 0 Å². The van der Waals surface area contributed by atoms with Gasteiger partial charge in [-0.1, -0.05) is 12.1 Å². The number of nitrogens with zero attached hydrogens (tertiary/aromatic N) is 3. The molecule has 0 aliphatic heterocycles. The number of benzene rings is 1. The van der Waals surface area contributed by atoms with Crippen LogP contribution in [0.5, 0.6) is 0 Å². The topological polar surface area (TPSA) is 105 Å². The van der Waals surface area contributed by atoms with Gasteiger partial charge in [0.15, 0.2) is 11.7 Å². The van der Waals surface area contributed by atoms with Crippen molar-refractivity contribution < 1.29 is 0 Å². The Morgan fingerprint density at radius 2 is 2.20 bits per heavy atom. The summed E-state index contributed by atoms with van der Waals surface area (Å²) >= 11 is 0. The van der Waals surface area contributed by atoms with Gasteiger partial charge < -0.3 is 16.6 Å². The lowest BCUT2D eigenvalue weighted by molar-refractivity contribution is 1.24. The molecule has 0 spiro atoms. The number of nitrogens with one attached hydrogen (secondary N) is 1. The molecule has 15 heavy (non-hydrogen) atoms. The Hall–Kier alpha value is -2.37. The Morgan fingerprint density at radius 1 is 1.40 bits per heavy atom. The van der Waals surface area contributed by atoms with Crippen LogP contribution in [0, 0.1) is 0 Å². The minimum Gasteiger partial charge on any atom is -0.381 e. The van der Waals surface area contributed by atoms with Gasteiger partial charge >= 0.3 is 0 Å². The number of aromatic amines is 1. The molecule has 76 valence electrons. The lowest BCUT2D eigenvalue weighted by Crippen LogP contribution is -2.15. The molecule has 0 amide bonds. The summed E-state index contributed by atoms with van der Waals surface area (Å²) in [5.41, 5.74) is 7.41. The van der Waals surface area contributed by atoms with Crippen LogP contribution in [0.4, 0.5) is 0 Å². The maximum Gasteiger partial charge on any atom is 0.174 e. The van der Waals surface area contributed by atoms with Crippen LogP contribution in [0.25, 0.3) is 11.0 Å². The van der Waals surface area contributed by atoms with Crippen LogP contribution in [0.3, 0.4) is 0 Å². The molecular formula is C9H10N6. The molecule has 1 aromatic carbocycles. The lowest BCUT2D eigenvalue weighted by atomic mass is 10.3. The SMILES string of the molecule is NN=CN=C(N)c1nc2ccccc2[nH]1. The molecule has 6 heteroatoms. The van der Waals surface area contributed by atoms with Crippen molar-refractivity contribution >= 4 is 23.2 Å². The summed E-state index contributed by atoms with van der Waals surface area (Å²) in [6.07, 6.45) is 1.17. The summed E-state index contributed by atoms with van der Waals surface area (Å²) < 4.78 is 0.